The number of hydrogen-bond donors (Lipinski definition) is 1. The minimum atomic E-state index is -0.721. The summed E-state index contributed by atoms with van der Waals surface area (Å²) < 4.78 is 12.2. The maximum absolute atomic E-state index is 10.7. The molecule has 0 amide bonds. The smallest absolute Gasteiger partial charge is 0.0921 e. The number of fused-ring (bicyclic) bond motifs is 3. The molecule has 0 spiro atoms. The van der Waals surface area contributed by atoms with Crippen molar-refractivity contribution >= 4 is 0 Å². The van der Waals surface area contributed by atoms with Crippen LogP contribution in [-0.4, -0.2) is 34.1 Å². The monoisotopic (exact) mass is 320 g/mol. The molecule has 2 saturated heterocycles. The van der Waals surface area contributed by atoms with Gasteiger partial charge >= 0.3 is 0 Å². The second kappa shape index (κ2) is 4.62. The van der Waals surface area contributed by atoms with E-state index in [4.69, 9.17) is 9.47 Å². The Morgan fingerprint density at radius 3 is 2.35 bits per heavy atom. The van der Waals surface area contributed by atoms with E-state index in [2.05, 4.69) is 26.8 Å². The van der Waals surface area contributed by atoms with E-state index in [-0.39, 0.29) is 16.6 Å². The molecule has 2 aliphatic heterocycles. The van der Waals surface area contributed by atoms with Crippen LogP contribution in [0.25, 0.3) is 0 Å². The molecule has 0 aromatic rings. The Kier molecular flexibility index (Phi) is 3.23. The van der Waals surface area contributed by atoms with E-state index in [1.54, 1.807) is 0 Å². The first-order chi connectivity index (χ1) is 10.6. The third-order valence-corrected chi connectivity index (χ3v) is 7.27. The zero-order chi connectivity index (χ0) is 16.7. The zero-order valence-electron chi connectivity index (χ0n) is 15.3. The van der Waals surface area contributed by atoms with Gasteiger partial charge in [-0.25, -0.2) is 0 Å². The molecule has 3 fully saturated rings. The average molecular weight is 320 g/mol. The first kappa shape index (κ1) is 16.1. The van der Waals surface area contributed by atoms with E-state index in [0.29, 0.717) is 18.1 Å². The van der Waals surface area contributed by atoms with Gasteiger partial charge in [0.2, 0.25) is 0 Å². The third-order valence-electron chi connectivity index (χ3n) is 7.27. The molecule has 23 heavy (non-hydrogen) atoms. The molecule has 0 bridgehead atoms. The number of aliphatic hydroxyl groups is 1. The van der Waals surface area contributed by atoms with Crippen molar-refractivity contribution in [3.05, 3.63) is 11.6 Å². The van der Waals surface area contributed by atoms with Crippen molar-refractivity contribution < 1.29 is 14.6 Å². The number of epoxide rings is 2. The Bertz CT molecular complexity index is 548. The van der Waals surface area contributed by atoms with Crippen LogP contribution in [0.15, 0.2) is 11.6 Å². The van der Waals surface area contributed by atoms with E-state index in [9.17, 15) is 5.11 Å². The van der Waals surface area contributed by atoms with Gasteiger partial charge < -0.3 is 14.6 Å². The van der Waals surface area contributed by atoms with Crippen LogP contribution in [0.2, 0.25) is 0 Å². The van der Waals surface area contributed by atoms with E-state index in [1.165, 1.54) is 5.57 Å². The highest BCUT2D eigenvalue weighted by Crippen LogP contribution is 2.59. The SMILES string of the molecule is CC(C)(O)C1=CC[C@]2(C)CC3OC3(C)CCC3OC3(C)CC[C@@H]12. The molecule has 2 aliphatic carbocycles. The van der Waals surface area contributed by atoms with E-state index in [0.717, 1.165) is 38.5 Å². The lowest BCUT2D eigenvalue weighted by Gasteiger charge is -2.37. The zero-order valence-corrected chi connectivity index (χ0v) is 15.3. The molecule has 2 heterocycles. The normalized spacial score (nSPS) is 52.6. The van der Waals surface area contributed by atoms with Crippen LogP contribution in [0.4, 0.5) is 0 Å². The van der Waals surface area contributed by atoms with E-state index >= 15 is 0 Å². The average Bonchev–Trinajstić information content (AvgIpc) is 3.21. The Balaban J connectivity index is 1.62. The maximum atomic E-state index is 10.7. The molecule has 0 aromatic carbocycles. The Labute approximate surface area is 140 Å². The van der Waals surface area contributed by atoms with Crippen molar-refractivity contribution in [1.29, 1.82) is 0 Å². The van der Waals surface area contributed by atoms with Crippen LogP contribution < -0.4 is 0 Å². The predicted octanol–water partition coefficient (Wildman–Crippen LogP) is 3.99. The summed E-state index contributed by atoms with van der Waals surface area (Å²) in [6, 6.07) is 0. The van der Waals surface area contributed by atoms with Gasteiger partial charge in [0.25, 0.3) is 0 Å². The molecular weight excluding hydrogens is 288 g/mol. The summed E-state index contributed by atoms with van der Waals surface area (Å²) >= 11 is 0. The molecule has 4 unspecified atom stereocenters. The predicted molar refractivity (Wildman–Crippen MR) is 90.2 cm³/mol. The van der Waals surface area contributed by atoms with Crippen LogP contribution in [0, 0.1) is 11.3 Å². The molecule has 1 saturated carbocycles. The molecule has 3 heteroatoms. The molecule has 0 radical (unpaired) electrons. The van der Waals surface area contributed by atoms with Crippen molar-refractivity contribution in [2.45, 2.75) is 102 Å². The summed E-state index contributed by atoms with van der Waals surface area (Å²) in [4.78, 5) is 0. The summed E-state index contributed by atoms with van der Waals surface area (Å²) in [5.41, 5.74) is 0.841. The van der Waals surface area contributed by atoms with Crippen molar-refractivity contribution in [3.63, 3.8) is 0 Å². The van der Waals surface area contributed by atoms with Crippen molar-refractivity contribution in [3.8, 4) is 0 Å². The van der Waals surface area contributed by atoms with E-state index in [1.807, 2.05) is 13.8 Å². The van der Waals surface area contributed by atoms with Crippen LogP contribution >= 0.6 is 0 Å². The van der Waals surface area contributed by atoms with Gasteiger partial charge in [0.05, 0.1) is 29.0 Å². The number of ether oxygens (including phenoxy) is 2. The number of allylic oxidation sites excluding steroid dienone is 1. The highest BCUT2D eigenvalue weighted by molar-refractivity contribution is 5.28. The summed E-state index contributed by atoms with van der Waals surface area (Å²) in [7, 11) is 0. The fraction of sp³-hybridized carbons (Fsp3) is 0.900. The largest absolute Gasteiger partial charge is 0.386 e. The minimum Gasteiger partial charge on any atom is -0.386 e. The summed E-state index contributed by atoms with van der Waals surface area (Å²) in [5.74, 6) is 0.440. The number of hydrogen-bond acceptors (Lipinski definition) is 3. The Morgan fingerprint density at radius 1 is 1.04 bits per heavy atom. The molecule has 3 nitrogen and oxygen atoms in total. The van der Waals surface area contributed by atoms with Gasteiger partial charge in [-0.1, -0.05) is 13.0 Å². The maximum Gasteiger partial charge on any atom is 0.0921 e. The van der Waals surface area contributed by atoms with Crippen molar-refractivity contribution in [2.75, 3.05) is 0 Å². The lowest BCUT2D eigenvalue weighted by Crippen LogP contribution is -2.34. The lowest BCUT2D eigenvalue weighted by atomic mass is 9.68. The van der Waals surface area contributed by atoms with Crippen LogP contribution in [0.1, 0.15) is 73.1 Å². The molecule has 0 aromatic heterocycles. The minimum absolute atomic E-state index is 0.0549. The van der Waals surface area contributed by atoms with Crippen LogP contribution in [-0.2, 0) is 9.47 Å². The Hall–Kier alpha value is -0.380. The first-order valence-electron chi connectivity index (χ1n) is 9.34. The molecule has 4 aliphatic rings. The molecule has 6 atom stereocenters. The quantitative estimate of drug-likeness (QED) is 0.587. The molecule has 4 rings (SSSR count). The standard InChI is InChI=1S/C20H32O3/c1-17(2,21)13-6-9-18(3)12-16-20(5,23-16)11-8-15-19(4,22-15)10-7-14(13)18/h6,14-16,21H,7-12H2,1-5H3/t14-,15?,16?,18+,19?,20?/m0/s1. The third kappa shape index (κ3) is 2.60. The molecule has 1 N–H and O–H groups in total. The van der Waals surface area contributed by atoms with Gasteiger partial charge in [-0.05, 0) is 83.1 Å². The summed E-state index contributed by atoms with van der Waals surface area (Å²) in [6.07, 6.45) is 9.74. The van der Waals surface area contributed by atoms with Gasteiger partial charge in [0.1, 0.15) is 0 Å². The van der Waals surface area contributed by atoms with Gasteiger partial charge in [0.15, 0.2) is 0 Å². The topological polar surface area (TPSA) is 45.3 Å². The second-order valence-electron chi connectivity index (χ2n) is 9.75. The first-order valence-corrected chi connectivity index (χ1v) is 9.34. The number of rotatable bonds is 1. The van der Waals surface area contributed by atoms with Gasteiger partial charge in [-0.3, -0.25) is 0 Å². The summed E-state index contributed by atoms with van der Waals surface area (Å²) in [6.45, 7) is 10.8. The van der Waals surface area contributed by atoms with E-state index < -0.39 is 5.60 Å². The van der Waals surface area contributed by atoms with Crippen molar-refractivity contribution in [1.82, 2.24) is 0 Å². The fourth-order valence-corrected chi connectivity index (χ4v) is 5.32. The molecule has 130 valence electrons. The van der Waals surface area contributed by atoms with Crippen LogP contribution in [0.3, 0.4) is 0 Å². The highest BCUT2D eigenvalue weighted by atomic mass is 16.6. The van der Waals surface area contributed by atoms with Gasteiger partial charge in [0, 0.05) is 0 Å². The lowest BCUT2D eigenvalue weighted by molar-refractivity contribution is 0.0838. The second-order valence-corrected chi connectivity index (χ2v) is 9.75. The Morgan fingerprint density at radius 2 is 1.65 bits per heavy atom. The van der Waals surface area contributed by atoms with Gasteiger partial charge in [-0.15, -0.1) is 0 Å². The van der Waals surface area contributed by atoms with Crippen LogP contribution in [0.5, 0.6) is 0 Å². The van der Waals surface area contributed by atoms with Gasteiger partial charge in [-0.2, -0.15) is 0 Å². The fourth-order valence-electron chi connectivity index (χ4n) is 5.32. The molecular formula is C20H32O3. The highest BCUT2D eigenvalue weighted by Gasteiger charge is 2.60. The van der Waals surface area contributed by atoms with Crippen molar-refractivity contribution in [2.24, 2.45) is 11.3 Å². The summed E-state index contributed by atoms with van der Waals surface area (Å²) in [5, 5.41) is 10.7.